The van der Waals surface area contributed by atoms with E-state index < -0.39 is 58.4 Å². The smallest absolute Gasteiger partial charge is 0.397 e. The molecule has 0 saturated heterocycles. The fourth-order valence-electron chi connectivity index (χ4n) is 4.07. The Hall–Kier alpha value is -3.54. The molecule has 1 aliphatic rings. The minimum atomic E-state index is -4.92. The monoisotopic (exact) mass is 714 g/mol. The quantitative estimate of drug-likeness (QED) is 0.215. The van der Waals surface area contributed by atoms with Gasteiger partial charge in [0.25, 0.3) is 11.1 Å². The molecular formula is C26H23BrF8N6O2S. The van der Waals surface area contributed by atoms with Crippen LogP contribution in [-0.2, 0) is 19.4 Å². The molecular weight excluding hydrogens is 692 g/mol. The maximum Gasteiger partial charge on any atom is 0.423 e. The van der Waals surface area contributed by atoms with E-state index in [1.807, 2.05) is 0 Å². The van der Waals surface area contributed by atoms with Crippen LogP contribution < -0.4 is 16.9 Å². The second-order valence-corrected chi connectivity index (χ2v) is 10.7. The molecule has 0 amide bonds. The molecule has 44 heavy (non-hydrogen) atoms. The first-order valence-electron chi connectivity index (χ1n) is 12.7. The third-order valence-corrected chi connectivity index (χ3v) is 7.29. The van der Waals surface area contributed by atoms with Gasteiger partial charge in [0, 0.05) is 35.5 Å². The Balaban J connectivity index is 0.000000221. The first kappa shape index (κ1) is 34.9. The van der Waals surface area contributed by atoms with Crippen LogP contribution in [-0.4, -0.2) is 23.7 Å². The maximum absolute atomic E-state index is 14.3. The van der Waals surface area contributed by atoms with Crippen molar-refractivity contribution in [1.29, 1.82) is 0 Å². The largest absolute Gasteiger partial charge is 0.423 e. The molecule has 1 aromatic carbocycles. The standard InChI is InChI=1S/C15H8BrF4N3O.C6H12.C5H3F4N3OS/c1-23-6-11(16)8-2-10(12(17)3-9(8)14(23)24)13-21-4-7(5-22-13)15(18,19)20;1-2-4-6-5-3-1;6-5(7,8)3-2(10)1-11-12(14-9)4(3)13/h2-6H,1H3;1-6H2;1H,10H2. The summed E-state index contributed by atoms with van der Waals surface area (Å²) in [6, 6.07) is 2.36. The molecule has 2 N–H and O–H groups in total. The molecule has 0 aliphatic heterocycles. The van der Waals surface area contributed by atoms with E-state index in [0.29, 0.717) is 28.4 Å². The number of anilines is 1. The highest BCUT2D eigenvalue weighted by molar-refractivity contribution is 9.10. The zero-order valence-electron chi connectivity index (χ0n) is 22.6. The topological polar surface area (TPSA) is 109 Å². The van der Waals surface area contributed by atoms with Gasteiger partial charge in [0.2, 0.25) is 0 Å². The summed E-state index contributed by atoms with van der Waals surface area (Å²) in [7, 11) is 1.53. The lowest BCUT2D eigenvalue weighted by molar-refractivity contribution is -0.139. The van der Waals surface area contributed by atoms with Gasteiger partial charge in [-0.3, -0.25) is 9.59 Å². The second-order valence-electron chi connectivity index (χ2n) is 9.40. The van der Waals surface area contributed by atoms with E-state index in [2.05, 4.69) is 31.0 Å². The van der Waals surface area contributed by atoms with Gasteiger partial charge in [-0.15, -0.1) is 7.97 Å². The van der Waals surface area contributed by atoms with E-state index in [1.165, 1.54) is 62.4 Å². The molecule has 18 heteroatoms. The zero-order valence-corrected chi connectivity index (χ0v) is 25.0. The second kappa shape index (κ2) is 14.5. The van der Waals surface area contributed by atoms with Crippen molar-refractivity contribution in [3.8, 4) is 11.4 Å². The molecule has 0 atom stereocenters. The molecule has 4 aromatic rings. The molecule has 1 saturated carbocycles. The number of aromatic nitrogens is 5. The van der Waals surface area contributed by atoms with Crippen LogP contribution in [0, 0.1) is 5.82 Å². The molecule has 0 radical (unpaired) electrons. The highest BCUT2D eigenvalue weighted by Gasteiger charge is 2.37. The lowest BCUT2D eigenvalue weighted by Crippen LogP contribution is -2.28. The zero-order chi connectivity index (χ0) is 32.8. The number of alkyl halides is 6. The van der Waals surface area contributed by atoms with Gasteiger partial charge < -0.3 is 10.3 Å². The number of fused-ring (bicyclic) bond motifs is 1. The van der Waals surface area contributed by atoms with Crippen LogP contribution in [0.5, 0.6) is 0 Å². The van der Waals surface area contributed by atoms with Crippen molar-refractivity contribution >= 4 is 44.7 Å². The summed E-state index contributed by atoms with van der Waals surface area (Å²) in [4.78, 5) is 30.1. The maximum atomic E-state index is 14.3. The Bertz CT molecular complexity index is 1710. The first-order chi connectivity index (χ1) is 20.6. The summed E-state index contributed by atoms with van der Waals surface area (Å²) in [6.45, 7) is 0. The lowest BCUT2D eigenvalue weighted by atomic mass is 10.0. The Morgan fingerprint density at radius 1 is 0.864 bits per heavy atom. The van der Waals surface area contributed by atoms with Crippen LogP contribution in [0.3, 0.4) is 0 Å². The molecule has 1 fully saturated rings. The number of hydrogen-bond donors (Lipinski definition) is 1. The molecule has 238 valence electrons. The summed E-state index contributed by atoms with van der Waals surface area (Å²) >= 11 is 2.55. The van der Waals surface area contributed by atoms with Crippen molar-refractivity contribution in [2.75, 3.05) is 5.73 Å². The number of rotatable bonds is 2. The van der Waals surface area contributed by atoms with Gasteiger partial charge in [0.15, 0.2) is 18.2 Å². The van der Waals surface area contributed by atoms with Crippen molar-refractivity contribution < 1.29 is 34.6 Å². The third kappa shape index (κ3) is 8.55. The van der Waals surface area contributed by atoms with E-state index in [9.17, 15) is 44.2 Å². The average Bonchev–Trinajstić information content (AvgIpc) is 2.96. The van der Waals surface area contributed by atoms with E-state index in [-0.39, 0.29) is 20.9 Å². The summed E-state index contributed by atoms with van der Waals surface area (Å²) in [5, 5.41) is 3.59. The molecule has 5 rings (SSSR count). The SMILES string of the molecule is C1CCCCC1.Cn1cc(Br)c2cc(-c3ncc(C(F)(F)F)cn3)c(F)cc2c1=O.Nc1cnn(SF)c(=O)c1C(F)(F)F. The van der Waals surface area contributed by atoms with Crippen LogP contribution in [0.15, 0.2) is 51.0 Å². The number of aryl methyl sites for hydroxylation is 1. The normalized spacial score (nSPS) is 13.5. The summed E-state index contributed by atoms with van der Waals surface area (Å²) in [5.74, 6) is -0.993. The molecule has 0 unspecified atom stereocenters. The number of pyridine rings is 1. The van der Waals surface area contributed by atoms with Crippen molar-refractivity contribution in [2.45, 2.75) is 50.9 Å². The van der Waals surface area contributed by atoms with Crippen molar-refractivity contribution in [3.63, 3.8) is 0 Å². The van der Waals surface area contributed by atoms with Crippen LogP contribution in [0.25, 0.3) is 22.2 Å². The van der Waals surface area contributed by atoms with E-state index >= 15 is 0 Å². The summed E-state index contributed by atoms with van der Waals surface area (Å²) in [5.41, 5.74) is -0.670. The van der Waals surface area contributed by atoms with Crippen molar-refractivity contribution in [3.05, 3.63) is 79.0 Å². The minimum absolute atomic E-state index is 0.0425. The molecule has 1 aliphatic carbocycles. The summed E-state index contributed by atoms with van der Waals surface area (Å²) in [6.07, 6.45) is 2.77. The predicted molar refractivity (Wildman–Crippen MR) is 153 cm³/mol. The number of nitrogens with zero attached hydrogens (tertiary/aromatic N) is 5. The molecule has 0 spiro atoms. The fourth-order valence-corrected chi connectivity index (χ4v) is 4.94. The van der Waals surface area contributed by atoms with Gasteiger partial charge in [-0.05, 0) is 28.1 Å². The lowest BCUT2D eigenvalue weighted by Gasteiger charge is -2.09. The van der Waals surface area contributed by atoms with Crippen LogP contribution in [0.4, 0.5) is 40.3 Å². The van der Waals surface area contributed by atoms with E-state index in [1.54, 1.807) is 0 Å². The Morgan fingerprint density at radius 3 is 1.89 bits per heavy atom. The van der Waals surface area contributed by atoms with Crippen LogP contribution >= 0.6 is 28.3 Å². The molecule has 8 nitrogen and oxygen atoms in total. The average molecular weight is 715 g/mol. The third-order valence-electron chi connectivity index (χ3n) is 6.27. The Morgan fingerprint density at radius 2 is 1.41 bits per heavy atom. The van der Waals surface area contributed by atoms with Gasteiger partial charge >= 0.3 is 12.4 Å². The predicted octanol–water partition coefficient (Wildman–Crippen LogP) is 7.48. The van der Waals surface area contributed by atoms with Crippen LogP contribution in [0.2, 0.25) is 0 Å². The molecule has 3 aromatic heterocycles. The highest BCUT2D eigenvalue weighted by Crippen LogP contribution is 2.32. The van der Waals surface area contributed by atoms with Gasteiger partial charge in [-0.1, -0.05) is 38.5 Å². The first-order valence-corrected chi connectivity index (χ1v) is 14.1. The van der Waals surface area contributed by atoms with Gasteiger partial charge in [0.05, 0.1) is 28.4 Å². The highest BCUT2D eigenvalue weighted by atomic mass is 79.9. The van der Waals surface area contributed by atoms with Gasteiger partial charge in [-0.25, -0.2) is 14.4 Å². The Labute approximate surface area is 256 Å². The van der Waals surface area contributed by atoms with Crippen LogP contribution in [0.1, 0.15) is 49.7 Å². The molecule has 3 heterocycles. The number of nitrogen functional groups attached to an aromatic ring is 1. The molecule has 0 bridgehead atoms. The number of hydrogen-bond acceptors (Lipinski definition) is 7. The minimum Gasteiger partial charge on any atom is -0.397 e. The number of benzene rings is 1. The van der Waals surface area contributed by atoms with Crippen molar-refractivity contribution in [1.82, 2.24) is 23.7 Å². The Kier molecular flexibility index (Phi) is 11.5. The number of halogens is 9. The fraction of sp³-hybridized carbons (Fsp3) is 0.346. The van der Waals surface area contributed by atoms with Gasteiger partial charge in [0.1, 0.15) is 11.4 Å². The summed E-state index contributed by atoms with van der Waals surface area (Å²) < 4.78 is 102. The number of nitrogens with two attached hydrogens (primary N) is 1. The van der Waals surface area contributed by atoms with E-state index in [0.717, 1.165) is 6.07 Å². The van der Waals surface area contributed by atoms with Crippen molar-refractivity contribution in [2.24, 2.45) is 7.05 Å². The van der Waals surface area contributed by atoms with E-state index in [4.69, 9.17) is 5.73 Å². The van der Waals surface area contributed by atoms with Gasteiger partial charge in [-0.2, -0.15) is 31.4 Å².